The Hall–Kier alpha value is -2.60. The van der Waals surface area contributed by atoms with E-state index in [1.54, 1.807) is 6.07 Å². The SMILES string of the molecule is CC(=O)Oc1c2c(c3ccccc3c1OC(=O)CN)OC(C)(C)CC2. The van der Waals surface area contributed by atoms with Gasteiger partial charge in [0.2, 0.25) is 0 Å². The molecule has 0 radical (unpaired) electrons. The van der Waals surface area contributed by atoms with Gasteiger partial charge < -0.3 is 19.9 Å². The molecule has 1 heterocycles. The summed E-state index contributed by atoms with van der Waals surface area (Å²) in [5.74, 6) is 0.0142. The number of benzene rings is 2. The molecule has 0 spiro atoms. The molecule has 25 heavy (non-hydrogen) atoms. The van der Waals surface area contributed by atoms with Gasteiger partial charge in [-0.15, -0.1) is 0 Å². The van der Waals surface area contributed by atoms with Gasteiger partial charge in [-0.25, -0.2) is 0 Å². The van der Waals surface area contributed by atoms with Crippen LogP contribution >= 0.6 is 0 Å². The third-order valence-electron chi connectivity index (χ3n) is 4.15. The quantitative estimate of drug-likeness (QED) is 0.681. The van der Waals surface area contributed by atoms with Crippen molar-refractivity contribution in [3.8, 4) is 17.2 Å². The number of nitrogens with two attached hydrogens (primary N) is 1. The number of rotatable bonds is 3. The Morgan fingerprint density at radius 2 is 1.84 bits per heavy atom. The molecule has 3 rings (SSSR count). The average molecular weight is 343 g/mol. The predicted octanol–water partition coefficient (Wildman–Crippen LogP) is 2.73. The fourth-order valence-corrected chi connectivity index (χ4v) is 3.01. The second-order valence-corrected chi connectivity index (χ2v) is 6.65. The summed E-state index contributed by atoms with van der Waals surface area (Å²) in [6.45, 7) is 5.06. The third kappa shape index (κ3) is 3.30. The Balaban J connectivity index is 2.32. The van der Waals surface area contributed by atoms with Gasteiger partial charge in [0, 0.05) is 23.3 Å². The fraction of sp³-hybridized carbons (Fsp3) is 0.368. The van der Waals surface area contributed by atoms with Crippen LogP contribution in [0.4, 0.5) is 0 Å². The molecule has 0 unspecified atom stereocenters. The Labute approximate surface area is 145 Å². The van der Waals surface area contributed by atoms with Crippen LogP contribution in [0.1, 0.15) is 32.8 Å². The number of ether oxygens (including phenoxy) is 3. The highest BCUT2D eigenvalue weighted by Gasteiger charge is 2.33. The zero-order chi connectivity index (χ0) is 18.2. The van der Waals surface area contributed by atoms with Crippen molar-refractivity contribution in [1.82, 2.24) is 0 Å². The number of hydrogen-bond donors (Lipinski definition) is 1. The number of fused-ring (bicyclic) bond motifs is 3. The monoisotopic (exact) mass is 343 g/mol. The Bertz CT molecular complexity index is 857. The van der Waals surface area contributed by atoms with Gasteiger partial charge >= 0.3 is 11.9 Å². The summed E-state index contributed by atoms with van der Waals surface area (Å²) in [7, 11) is 0. The van der Waals surface area contributed by atoms with Crippen molar-refractivity contribution in [2.45, 2.75) is 39.2 Å². The highest BCUT2D eigenvalue weighted by molar-refractivity contribution is 5.99. The van der Waals surface area contributed by atoms with Crippen molar-refractivity contribution < 1.29 is 23.8 Å². The number of hydrogen-bond acceptors (Lipinski definition) is 6. The zero-order valence-electron chi connectivity index (χ0n) is 14.5. The molecule has 0 fully saturated rings. The lowest BCUT2D eigenvalue weighted by Crippen LogP contribution is -2.33. The summed E-state index contributed by atoms with van der Waals surface area (Å²) in [6.07, 6.45) is 1.39. The van der Waals surface area contributed by atoms with Gasteiger partial charge in [-0.1, -0.05) is 24.3 Å². The lowest BCUT2D eigenvalue weighted by atomic mass is 9.91. The van der Waals surface area contributed by atoms with Crippen LogP contribution in [-0.2, 0) is 16.0 Å². The zero-order valence-corrected chi connectivity index (χ0v) is 14.5. The summed E-state index contributed by atoms with van der Waals surface area (Å²) in [5, 5.41) is 1.44. The van der Waals surface area contributed by atoms with Crippen LogP contribution in [0, 0.1) is 0 Å². The van der Waals surface area contributed by atoms with E-state index in [2.05, 4.69) is 0 Å². The summed E-state index contributed by atoms with van der Waals surface area (Å²) in [4.78, 5) is 23.5. The van der Waals surface area contributed by atoms with Gasteiger partial charge in [-0.05, 0) is 26.7 Å². The third-order valence-corrected chi connectivity index (χ3v) is 4.15. The number of esters is 2. The van der Waals surface area contributed by atoms with Gasteiger partial charge in [0.05, 0.1) is 6.54 Å². The van der Waals surface area contributed by atoms with Gasteiger partial charge in [-0.2, -0.15) is 0 Å². The normalized spacial score (nSPS) is 15.2. The van der Waals surface area contributed by atoms with Crippen LogP contribution in [0.2, 0.25) is 0 Å². The molecule has 0 saturated heterocycles. The van der Waals surface area contributed by atoms with Crippen molar-refractivity contribution in [2.75, 3.05) is 6.54 Å². The maximum Gasteiger partial charge on any atom is 0.325 e. The van der Waals surface area contributed by atoms with E-state index in [1.807, 2.05) is 32.0 Å². The molecule has 1 aliphatic heterocycles. The second kappa shape index (κ2) is 6.37. The van der Waals surface area contributed by atoms with E-state index in [0.29, 0.717) is 17.6 Å². The molecule has 6 heteroatoms. The topological polar surface area (TPSA) is 87.9 Å². The van der Waals surface area contributed by atoms with Crippen LogP contribution in [0.15, 0.2) is 24.3 Å². The molecule has 0 amide bonds. The van der Waals surface area contributed by atoms with Crippen molar-refractivity contribution in [3.05, 3.63) is 29.8 Å². The van der Waals surface area contributed by atoms with Gasteiger partial charge in [0.1, 0.15) is 11.4 Å². The lowest BCUT2D eigenvalue weighted by molar-refractivity contribution is -0.135. The van der Waals surface area contributed by atoms with Gasteiger partial charge in [0.15, 0.2) is 11.5 Å². The Kier molecular flexibility index (Phi) is 4.39. The highest BCUT2D eigenvalue weighted by atomic mass is 16.6. The first-order valence-electron chi connectivity index (χ1n) is 8.18. The fourth-order valence-electron chi connectivity index (χ4n) is 3.01. The Morgan fingerprint density at radius 3 is 2.48 bits per heavy atom. The van der Waals surface area contributed by atoms with Crippen LogP contribution in [0.25, 0.3) is 10.8 Å². The number of carbonyl (C=O) groups is 2. The molecule has 0 bridgehead atoms. The standard InChI is InChI=1S/C19H21NO5/c1-11(21)23-18-14-8-9-19(2,3)25-16(14)12-6-4-5-7-13(12)17(18)24-15(22)10-20/h4-7H,8-10,20H2,1-3H3. The van der Waals surface area contributed by atoms with Crippen LogP contribution in [-0.4, -0.2) is 24.1 Å². The molecular formula is C19H21NO5. The second-order valence-electron chi connectivity index (χ2n) is 6.65. The molecule has 6 nitrogen and oxygen atoms in total. The smallest absolute Gasteiger partial charge is 0.325 e. The van der Waals surface area contributed by atoms with Crippen molar-refractivity contribution in [3.63, 3.8) is 0 Å². The first-order chi connectivity index (χ1) is 11.8. The van der Waals surface area contributed by atoms with E-state index >= 15 is 0 Å². The van der Waals surface area contributed by atoms with Crippen LogP contribution < -0.4 is 19.9 Å². The summed E-state index contributed by atoms with van der Waals surface area (Å²) < 4.78 is 17.0. The molecule has 1 aliphatic rings. The molecule has 0 aliphatic carbocycles. The first-order valence-corrected chi connectivity index (χ1v) is 8.18. The van der Waals surface area contributed by atoms with Crippen molar-refractivity contribution in [1.29, 1.82) is 0 Å². The largest absolute Gasteiger partial charge is 0.487 e. The maximum absolute atomic E-state index is 11.8. The minimum absolute atomic E-state index is 0.211. The van der Waals surface area contributed by atoms with E-state index in [-0.39, 0.29) is 23.6 Å². The highest BCUT2D eigenvalue weighted by Crippen LogP contribution is 2.50. The molecular weight excluding hydrogens is 322 g/mol. The molecule has 0 saturated carbocycles. The van der Waals surface area contributed by atoms with Gasteiger partial charge in [0.25, 0.3) is 0 Å². The van der Waals surface area contributed by atoms with E-state index in [1.165, 1.54) is 6.92 Å². The molecule has 0 aromatic heterocycles. The average Bonchev–Trinajstić information content (AvgIpc) is 2.56. The first kappa shape index (κ1) is 17.2. The lowest BCUT2D eigenvalue weighted by Gasteiger charge is -2.34. The Morgan fingerprint density at radius 1 is 1.16 bits per heavy atom. The van der Waals surface area contributed by atoms with E-state index in [9.17, 15) is 9.59 Å². The predicted molar refractivity (Wildman–Crippen MR) is 93.0 cm³/mol. The van der Waals surface area contributed by atoms with Crippen molar-refractivity contribution in [2.24, 2.45) is 5.73 Å². The number of carbonyl (C=O) groups excluding carboxylic acids is 2. The van der Waals surface area contributed by atoms with Crippen LogP contribution in [0.3, 0.4) is 0 Å². The summed E-state index contributed by atoms with van der Waals surface area (Å²) in [6, 6.07) is 7.40. The molecule has 2 aromatic rings. The van der Waals surface area contributed by atoms with E-state index in [0.717, 1.165) is 17.4 Å². The van der Waals surface area contributed by atoms with Crippen LogP contribution in [0.5, 0.6) is 17.2 Å². The molecule has 2 N–H and O–H groups in total. The maximum atomic E-state index is 11.8. The molecule has 132 valence electrons. The van der Waals surface area contributed by atoms with Gasteiger partial charge in [-0.3, -0.25) is 9.59 Å². The minimum atomic E-state index is -0.601. The molecule has 2 aromatic carbocycles. The summed E-state index contributed by atoms with van der Waals surface area (Å²) in [5.41, 5.74) is 5.78. The summed E-state index contributed by atoms with van der Waals surface area (Å²) >= 11 is 0. The van der Waals surface area contributed by atoms with E-state index in [4.69, 9.17) is 19.9 Å². The van der Waals surface area contributed by atoms with Crippen molar-refractivity contribution >= 4 is 22.7 Å². The minimum Gasteiger partial charge on any atom is -0.487 e. The molecule has 0 atom stereocenters. The van der Waals surface area contributed by atoms with E-state index < -0.39 is 11.9 Å².